The topological polar surface area (TPSA) is 43.9 Å². The molecule has 0 aliphatic carbocycles. The summed E-state index contributed by atoms with van der Waals surface area (Å²) < 4.78 is 11.4. The lowest BCUT2D eigenvalue weighted by Crippen LogP contribution is -2.02. The first-order chi connectivity index (χ1) is 25.3. The van der Waals surface area contributed by atoms with Crippen molar-refractivity contribution in [2.75, 3.05) is 0 Å². The van der Waals surface area contributed by atoms with E-state index in [1.54, 1.807) is 0 Å². The zero-order valence-electron chi connectivity index (χ0n) is 27.2. The highest BCUT2D eigenvalue weighted by atomic mass is 32.1. The third kappa shape index (κ3) is 4.32. The fraction of sp³-hybridized carbons (Fsp3) is 0. The van der Waals surface area contributed by atoms with Gasteiger partial charge in [-0.05, 0) is 41.5 Å². The molecule has 0 amide bonds. The molecule has 51 heavy (non-hydrogen) atoms. The van der Waals surface area contributed by atoms with Crippen LogP contribution in [-0.2, 0) is 0 Å². The number of hydrogen-bond donors (Lipinski definition) is 0. The van der Waals surface area contributed by atoms with Crippen LogP contribution in [0.25, 0.3) is 104 Å². The fourth-order valence-electron chi connectivity index (χ4n) is 7.69. The van der Waals surface area contributed by atoms with Gasteiger partial charge in [0.05, 0.1) is 22.3 Å². The van der Waals surface area contributed by atoms with Crippen LogP contribution in [0.1, 0.15) is 0 Å². The van der Waals surface area contributed by atoms with Crippen LogP contribution in [0.15, 0.2) is 168 Å². The number of thiophene rings is 1. The number of aromatic nitrogens is 3. The largest absolute Gasteiger partial charge is 0.455 e. The van der Waals surface area contributed by atoms with Crippen LogP contribution in [-0.4, -0.2) is 14.5 Å². The van der Waals surface area contributed by atoms with Gasteiger partial charge in [0.1, 0.15) is 17.0 Å². The van der Waals surface area contributed by atoms with E-state index < -0.39 is 0 Å². The Morgan fingerprint density at radius 1 is 0.490 bits per heavy atom. The Hall–Kier alpha value is -6.56. The van der Waals surface area contributed by atoms with Gasteiger partial charge >= 0.3 is 0 Å². The standard InChI is InChI=1S/C46H27N3OS/c1-2-11-28(12-3-1)29-21-23-30(24-22-29)37-27-42(48-46(47-37)36-17-10-16-33-31-13-5-8-19-40(31)50-44(33)36)49-38-18-7-4-15-35(38)43-39(49)26-25-34-32-14-6-9-20-41(32)51-45(34)43/h1-27H. The Labute approximate surface area is 296 Å². The van der Waals surface area contributed by atoms with Crippen molar-refractivity contribution in [3.63, 3.8) is 0 Å². The highest BCUT2D eigenvalue weighted by molar-refractivity contribution is 7.26. The second kappa shape index (κ2) is 11.0. The second-order valence-corrected chi connectivity index (χ2v) is 14.0. The predicted octanol–water partition coefficient (Wildman–Crippen LogP) is 12.8. The Balaban J connectivity index is 1.20. The summed E-state index contributed by atoms with van der Waals surface area (Å²) in [6, 6.07) is 57.6. The van der Waals surface area contributed by atoms with E-state index in [1.807, 2.05) is 35.6 Å². The molecule has 0 saturated carbocycles. The van der Waals surface area contributed by atoms with Crippen molar-refractivity contribution in [3.05, 3.63) is 164 Å². The number of fused-ring (bicyclic) bond motifs is 10. The van der Waals surface area contributed by atoms with E-state index in [1.165, 1.54) is 36.5 Å². The highest BCUT2D eigenvalue weighted by Gasteiger charge is 2.21. The zero-order chi connectivity index (χ0) is 33.5. The van der Waals surface area contributed by atoms with Crippen LogP contribution in [0.2, 0.25) is 0 Å². The zero-order valence-corrected chi connectivity index (χ0v) is 28.1. The van der Waals surface area contributed by atoms with Crippen molar-refractivity contribution in [1.29, 1.82) is 0 Å². The molecule has 0 spiro atoms. The Bertz CT molecular complexity index is 3130. The molecule has 5 heteroatoms. The summed E-state index contributed by atoms with van der Waals surface area (Å²) >= 11 is 1.86. The fourth-order valence-corrected chi connectivity index (χ4v) is 8.95. The Morgan fingerprint density at radius 2 is 1.20 bits per heavy atom. The van der Waals surface area contributed by atoms with E-state index >= 15 is 0 Å². The third-order valence-corrected chi connectivity index (χ3v) is 11.3. The molecule has 0 aliphatic rings. The number of nitrogens with zero attached hydrogens (tertiary/aromatic N) is 3. The molecule has 7 aromatic carbocycles. The SMILES string of the molecule is c1ccc(-c2ccc(-c3cc(-n4c5ccccc5c5c6sc7ccccc7c6ccc54)nc(-c4cccc5c4oc4ccccc45)n3)cc2)cc1. The molecule has 4 nitrogen and oxygen atoms in total. The Morgan fingerprint density at radius 3 is 2.08 bits per heavy atom. The van der Waals surface area contributed by atoms with Gasteiger partial charge in [0.2, 0.25) is 0 Å². The van der Waals surface area contributed by atoms with Gasteiger partial charge in [-0.15, -0.1) is 11.3 Å². The van der Waals surface area contributed by atoms with Crippen LogP contribution in [0, 0.1) is 0 Å². The van der Waals surface area contributed by atoms with E-state index in [0.29, 0.717) is 5.82 Å². The number of furan rings is 1. The first kappa shape index (κ1) is 28.3. The highest BCUT2D eigenvalue weighted by Crippen LogP contribution is 2.44. The van der Waals surface area contributed by atoms with Gasteiger partial charge in [-0.1, -0.05) is 127 Å². The molecule has 4 aromatic heterocycles. The van der Waals surface area contributed by atoms with Gasteiger partial charge in [0, 0.05) is 53.3 Å². The first-order valence-electron chi connectivity index (χ1n) is 17.1. The normalized spacial score (nSPS) is 11.9. The van der Waals surface area contributed by atoms with Crippen molar-refractivity contribution in [2.45, 2.75) is 0 Å². The van der Waals surface area contributed by atoms with Crippen molar-refractivity contribution in [3.8, 4) is 39.6 Å². The minimum absolute atomic E-state index is 0.619. The molecule has 0 atom stereocenters. The number of rotatable bonds is 4. The van der Waals surface area contributed by atoms with Crippen molar-refractivity contribution in [2.24, 2.45) is 0 Å². The van der Waals surface area contributed by atoms with Gasteiger partial charge in [0.25, 0.3) is 0 Å². The summed E-state index contributed by atoms with van der Waals surface area (Å²) in [4.78, 5) is 10.6. The molecule has 11 aromatic rings. The smallest absolute Gasteiger partial charge is 0.165 e. The van der Waals surface area contributed by atoms with Gasteiger partial charge in [0.15, 0.2) is 5.82 Å². The van der Waals surface area contributed by atoms with Gasteiger partial charge in [-0.25, -0.2) is 9.97 Å². The van der Waals surface area contributed by atoms with Crippen LogP contribution in [0.4, 0.5) is 0 Å². The lowest BCUT2D eigenvalue weighted by Gasteiger charge is -2.13. The van der Waals surface area contributed by atoms with Crippen molar-refractivity contribution < 1.29 is 4.42 Å². The van der Waals surface area contributed by atoms with E-state index in [2.05, 4.69) is 144 Å². The molecular formula is C46H27N3OS. The lowest BCUT2D eigenvalue weighted by molar-refractivity contribution is 0.669. The monoisotopic (exact) mass is 669 g/mol. The average molecular weight is 670 g/mol. The molecule has 11 rings (SSSR count). The number of benzene rings is 7. The van der Waals surface area contributed by atoms with Crippen LogP contribution in [0.5, 0.6) is 0 Å². The summed E-state index contributed by atoms with van der Waals surface area (Å²) in [6.45, 7) is 0. The maximum atomic E-state index is 6.51. The summed E-state index contributed by atoms with van der Waals surface area (Å²) in [5.74, 6) is 1.43. The predicted molar refractivity (Wildman–Crippen MR) is 213 cm³/mol. The molecule has 0 N–H and O–H groups in total. The maximum absolute atomic E-state index is 6.51. The average Bonchev–Trinajstić information content (AvgIpc) is 3.88. The quantitative estimate of drug-likeness (QED) is 0.187. The molecule has 4 heterocycles. The molecule has 0 radical (unpaired) electrons. The minimum Gasteiger partial charge on any atom is -0.455 e. The van der Waals surface area contributed by atoms with Crippen LogP contribution >= 0.6 is 11.3 Å². The third-order valence-electron chi connectivity index (χ3n) is 10.1. The van der Waals surface area contributed by atoms with Crippen LogP contribution in [0.3, 0.4) is 0 Å². The summed E-state index contributed by atoms with van der Waals surface area (Å²) in [5.41, 5.74) is 8.93. The molecule has 0 saturated heterocycles. The summed E-state index contributed by atoms with van der Waals surface area (Å²) in [6.07, 6.45) is 0. The summed E-state index contributed by atoms with van der Waals surface area (Å²) in [7, 11) is 0. The summed E-state index contributed by atoms with van der Waals surface area (Å²) in [5, 5.41) is 7.16. The lowest BCUT2D eigenvalue weighted by atomic mass is 10.0. The van der Waals surface area contributed by atoms with E-state index in [9.17, 15) is 0 Å². The number of hydrogen-bond acceptors (Lipinski definition) is 4. The first-order valence-corrected chi connectivity index (χ1v) is 17.9. The van der Waals surface area contributed by atoms with E-state index in [4.69, 9.17) is 14.4 Å². The van der Waals surface area contributed by atoms with E-state index in [-0.39, 0.29) is 0 Å². The Kier molecular flexibility index (Phi) is 6.09. The molecule has 0 fully saturated rings. The van der Waals surface area contributed by atoms with Crippen molar-refractivity contribution in [1.82, 2.24) is 14.5 Å². The molecular weight excluding hydrogens is 643 g/mol. The van der Waals surface area contributed by atoms with Gasteiger partial charge in [-0.2, -0.15) is 0 Å². The minimum atomic E-state index is 0.619. The van der Waals surface area contributed by atoms with Gasteiger partial charge in [-0.3, -0.25) is 4.57 Å². The molecule has 0 bridgehead atoms. The molecule has 238 valence electrons. The molecule has 0 unspecified atom stereocenters. The maximum Gasteiger partial charge on any atom is 0.165 e. The van der Waals surface area contributed by atoms with Crippen molar-refractivity contribution >= 4 is 75.3 Å². The second-order valence-electron chi connectivity index (χ2n) is 12.9. The van der Waals surface area contributed by atoms with E-state index in [0.717, 1.165) is 61.2 Å². The van der Waals surface area contributed by atoms with Gasteiger partial charge < -0.3 is 4.42 Å². The van der Waals surface area contributed by atoms with Crippen LogP contribution < -0.4 is 0 Å². The number of para-hydroxylation sites is 3. The molecule has 0 aliphatic heterocycles.